The lowest BCUT2D eigenvalue weighted by atomic mass is 10.1. The Hall–Kier alpha value is -3.90. The molecule has 208 valence electrons. The average molecular weight is 537 g/mol. The molecule has 12 heteroatoms. The van der Waals surface area contributed by atoms with Gasteiger partial charge in [0, 0.05) is 30.7 Å². The van der Waals surface area contributed by atoms with Gasteiger partial charge in [-0.3, -0.25) is 9.78 Å². The zero-order valence-corrected chi connectivity index (χ0v) is 22.2. The highest BCUT2D eigenvalue weighted by Crippen LogP contribution is 2.36. The van der Waals surface area contributed by atoms with Crippen LogP contribution in [-0.2, 0) is 19.6 Å². The van der Waals surface area contributed by atoms with Gasteiger partial charge >= 0.3 is 18.2 Å². The number of hydrogen-bond acceptors (Lipinski definition) is 12. The summed E-state index contributed by atoms with van der Waals surface area (Å²) < 4.78 is 31.4. The van der Waals surface area contributed by atoms with Crippen molar-refractivity contribution < 1.29 is 57.6 Å². The van der Waals surface area contributed by atoms with Gasteiger partial charge in [0.15, 0.2) is 23.0 Å². The summed E-state index contributed by atoms with van der Waals surface area (Å²) in [5, 5.41) is 0. The molecule has 0 spiro atoms. The molecule has 0 saturated heterocycles. The van der Waals surface area contributed by atoms with E-state index in [1.807, 2.05) is 0 Å². The zero-order valence-electron chi connectivity index (χ0n) is 22.2. The number of hydrogen-bond donors (Lipinski definition) is 0. The summed E-state index contributed by atoms with van der Waals surface area (Å²) >= 11 is 0. The molecule has 0 aliphatic heterocycles. The lowest BCUT2D eigenvalue weighted by Gasteiger charge is -2.16. The van der Waals surface area contributed by atoms with Crippen molar-refractivity contribution in [2.45, 2.75) is 25.7 Å². The van der Waals surface area contributed by atoms with Gasteiger partial charge in [0.05, 0.1) is 42.7 Å². The minimum Gasteiger partial charge on any atom is -0.496 e. The molecule has 0 bridgehead atoms. The summed E-state index contributed by atoms with van der Waals surface area (Å²) in [5.74, 6) is -0.289. The molecule has 0 amide bonds. The van der Waals surface area contributed by atoms with E-state index in [-0.39, 0.29) is 46.8 Å². The van der Waals surface area contributed by atoms with E-state index in [1.54, 1.807) is 0 Å². The van der Waals surface area contributed by atoms with Gasteiger partial charge in [-0.25, -0.2) is 9.59 Å². The van der Waals surface area contributed by atoms with Crippen molar-refractivity contribution in [3.8, 4) is 34.5 Å². The SMILES string of the molecule is [CH2]CCCC[C](OOC(=O)c1cc(OC)c(OC)cc1OC)OOC(=O)c1cc(OC)c(OC)cc1OC. The van der Waals surface area contributed by atoms with E-state index < -0.39 is 11.9 Å². The number of unbranched alkanes of at least 4 members (excludes halogenated alkanes) is 2. The molecule has 2 aromatic rings. The molecule has 0 aromatic heterocycles. The summed E-state index contributed by atoms with van der Waals surface area (Å²) in [4.78, 5) is 45.6. The van der Waals surface area contributed by atoms with Crippen molar-refractivity contribution >= 4 is 11.9 Å². The molecule has 0 saturated carbocycles. The quantitative estimate of drug-likeness (QED) is 0.170. The van der Waals surface area contributed by atoms with Gasteiger partial charge in [-0.05, 0) is 6.42 Å². The maximum Gasteiger partial charge on any atom is 0.377 e. The summed E-state index contributed by atoms with van der Waals surface area (Å²) in [6.45, 7) is 3.78. The molecule has 0 aliphatic rings. The van der Waals surface area contributed by atoms with Crippen LogP contribution >= 0.6 is 0 Å². The predicted octanol–water partition coefficient (Wildman–Crippen LogP) is 4.50. The van der Waals surface area contributed by atoms with Crippen LogP contribution < -0.4 is 28.4 Å². The molecule has 2 radical (unpaired) electrons. The van der Waals surface area contributed by atoms with Gasteiger partial charge in [-0.15, -0.1) is 9.78 Å². The van der Waals surface area contributed by atoms with Crippen molar-refractivity contribution in [1.29, 1.82) is 0 Å². The number of methoxy groups -OCH3 is 6. The maximum atomic E-state index is 12.7. The second kappa shape index (κ2) is 15.4. The molecular weight excluding hydrogens is 504 g/mol. The van der Waals surface area contributed by atoms with E-state index >= 15 is 0 Å². The molecule has 12 nitrogen and oxygen atoms in total. The number of carbonyl (C=O) groups excluding carboxylic acids is 2. The number of ether oxygens (including phenoxy) is 6. The fraction of sp³-hybridized carbons (Fsp3) is 0.385. The lowest BCUT2D eigenvalue weighted by Crippen LogP contribution is -2.17. The first-order valence-corrected chi connectivity index (χ1v) is 11.4. The van der Waals surface area contributed by atoms with Crippen LogP contribution in [0.3, 0.4) is 0 Å². The Morgan fingerprint density at radius 3 is 1.26 bits per heavy atom. The van der Waals surface area contributed by atoms with Crippen molar-refractivity contribution in [2.24, 2.45) is 0 Å². The summed E-state index contributed by atoms with van der Waals surface area (Å²) in [5.41, 5.74) is -0.0105. The molecule has 2 aromatic carbocycles. The third-order valence-electron chi connectivity index (χ3n) is 5.15. The largest absolute Gasteiger partial charge is 0.496 e. The first-order valence-electron chi connectivity index (χ1n) is 11.4. The van der Waals surface area contributed by atoms with Gasteiger partial charge in [0.2, 0.25) is 0 Å². The van der Waals surface area contributed by atoms with E-state index in [2.05, 4.69) is 6.92 Å². The normalized spacial score (nSPS) is 10.5. The van der Waals surface area contributed by atoms with Crippen LogP contribution in [0.15, 0.2) is 24.3 Å². The minimum absolute atomic E-state index is 0.00526. The fourth-order valence-corrected chi connectivity index (χ4v) is 3.18. The molecule has 38 heavy (non-hydrogen) atoms. The minimum atomic E-state index is -0.922. The Morgan fingerprint density at radius 2 is 0.921 bits per heavy atom. The van der Waals surface area contributed by atoms with Gasteiger partial charge < -0.3 is 28.4 Å². The van der Waals surface area contributed by atoms with Gasteiger partial charge in [-0.2, -0.15) is 0 Å². The van der Waals surface area contributed by atoms with E-state index in [9.17, 15) is 9.59 Å². The highest BCUT2D eigenvalue weighted by molar-refractivity contribution is 5.94. The topological polar surface area (TPSA) is 126 Å². The molecule has 2 rings (SSSR count). The van der Waals surface area contributed by atoms with E-state index in [0.29, 0.717) is 30.8 Å². The van der Waals surface area contributed by atoms with Gasteiger partial charge in [-0.1, -0.05) is 19.8 Å². The molecule has 0 N–H and O–H groups in total. The van der Waals surface area contributed by atoms with Crippen molar-refractivity contribution in [3.63, 3.8) is 0 Å². The molecule has 0 atom stereocenters. The fourth-order valence-electron chi connectivity index (χ4n) is 3.18. The van der Waals surface area contributed by atoms with E-state index in [4.69, 9.17) is 48.0 Å². The Kier molecular flexibility index (Phi) is 12.3. The number of carbonyl (C=O) groups is 2. The second-order valence-corrected chi connectivity index (χ2v) is 7.41. The van der Waals surface area contributed by atoms with Crippen molar-refractivity contribution in [3.05, 3.63) is 48.6 Å². The lowest BCUT2D eigenvalue weighted by molar-refractivity contribution is -0.364. The average Bonchev–Trinajstić information content (AvgIpc) is 2.96. The monoisotopic (exact) mass is 536 g/mol. The van der Waals surface area contributed by atoms with E-state index in [1.165, 1.54) is 66.9 Å². The summed E-state index contributed by atoms with van der Waals surface area (Å²) in [6, 6.07) is 5.66. The first-order chi connectivity index (χ1) is 18.4. The maximum absolute atomic E-state index is 12.7. The Morgan fingerprint density at radius 1 is 0.553 bits per heavy atom. The molecule has 0 aliphatic carbocycles. The van der Waals surface area contributed by atoms with Crippen LogP contribution in [0.2, 0.25) is 0 Å². The van der Waals surface area contributed by atoms with Crippen molar-refractivity contribution in [2.75, 3.05) is 42.7 Å². The van der Waals surface area contributed by atoms with Crippen LogP contribution in [0.1, 0.15) is 46.4 Å². The third-order valence-corrected chi connectivity index (χ3v) is 5.15. The van der Waals surface area contributed by atoms with Gasteiger partial charge in [0.25, 0.3) is 0 Å². The van der Waals surface area contributed by atoms with Gasteiger partial charge in [0.1, 0.15) is 22.6 Å². The highest BCUT2D eigenvalue weighted by atomic mass is 17.3. The molecule has 0 heterocycles. The second-order valence-electron chi connectivity index (χ2n) is 7.41. The van der Waals surface area contributed by atoms with Crippen molar-refractivity contribution in [1.82, 2.24) is 0 Å². The zero-order chi connectivity index (χ0) is 28.1. The van der Waals surface area contributed by atoms with Crippen LogP contribution in [0.4, 0.5) is 0 Å². The highest BCUT2D eigenvalue weighted by Gasteiger charge is 2.26. The first kappa shape index (κ1) is 30.3. The number of rotatable bonds is 16. The Labute approximate surface area is 221 Å². The van der Waals surface area contributed by atoms with Crippen LogP contribution in [-0.4, -0.2) is 54.6 Å². The van der Waals surface area contributed by atoms with Crippen LogP contribution in [0.25, 0.3) is 0 Å². The smallest absolute Gasteiger partial charge is 0.377 e. The molecular formula is C26H32O12. The van der Waals surface area contributed by atoms with E-state index in [0.717, 1.165) is 0 Å². The Balaban J connectivity index is 2.15. The standard InChI is InChI=1S/C26H32O12/c1-8-9-10-11-24(35-37-25(27)16-12-20(31-4)22(33-6)14-18(16)29-2)36-38-26(28)17-13-21(32-5)23(34-7)15-19(17)30-3/h12-15H,1,8-11H2,2-7H3. The molecule has 0 fully saturated rings. The molecule has 0 unspecified atom stereocenters. The Bertz CT molecular complexity index is 989. The van der Waals surface area contributed by atoms with Crippen LogP contribution in [0.5, 0.6) is 34.5 Å². The number of benzene rings is 2. The summed E-state index contributed by atoms with van der Waals surface area (Å²) in [7, 11) is 8.48. The third kappa shape index (κ3) is 7.80. The van der Waals surface area contributed by atoms with Crippen LogP contribution in [0, 0.1) is 13.2 Å². The predicted molar refractivity (Wildman–Crippen MR) is 132 cm³/mol. The summed E-state index contributed by atoms with van der Waals surface area (Å²) in [6.07, 6.45) is 1.78.